The van der Waals surface area contributed by atoms with Crippen molar-refractivity contribution in [2.45, 2.75) is 12.8 Å². The highest BCUT2D eigenvalue weighted by atomic mass is 16.4. The number of carbonyl (C=O) groups is 1. The maximum Gasteiger partial charge on any atom is 0.342 e. The minimum atomic E-state index is -1.24. The van der Waals surface area contributed by atoms with E-state index in [0.717, 1.165) is 23.9 Å². The second kappa shape index (κ2) is 3.80. The Kier molecular flexibility index (Phi) is 2.26. The molecule has 18 heavy (non-hydrogen) atoms. The van der Waals surface area contributed by atoms with E-state index in [1.54, 1.807) is 0 Å². The molecule has 1 N–H and O–H groups in total. The van der Waals surface area contributed by atoms with Crippen molar-refractivity contribution in [1.82, 2.24) is 9.55 Å². The minimum absolute atomic E-state index is 0.296. The predicted octanol–water partition coefficient (Wildman–Crippen LogP) is 1.03. The first-order chi connectivity index (χ1) is 8.68. The summed E-state index contributed by atoms with van der Waals surface area (Å²) in [7, 11) is 0. The zero-order chi connectivity index (χ0) is 12.7. The van der Waals surface area contributed by atoms with Crippen molar-refractivity contribution in [2.24, 2.45) is 0 Å². The molecule has 90 valence electrons. The number of aromatic nitrogens is 2. The van der Waals surface area contributed by atoms with Gasteiger partial charge in [0.2, 0.25) is 0 Å². The molecule has 5 heteroatoms. The lowest BCUT2D eigenvalue weighted by Crippen LogP contribution is -2.31. The molecule has 0 amide bonds. The van der Waals surface area contributed by atoms with Crippen LogP contribution in [0.5, 0.6) is 0 Å². The Labute approximate surface area is 102 Å². The number of hydrogen-bond acceptors (Lipinski definition) is 3. The van der Waals surface area contributed by atoms with E-state index >= 15 is 0 Å². The van der Waals surface area contributed by atoms with Gasteiger partial charge in [0.05, 0.1) is 5.69 Å². The SMILES string of the molecule is O=C(O)c1cnc2n(c1=O)-c1ccccc1CC2. The van der Waals surface area contributed by atoms with Gasteiger partial charge in [-0.3, -0.25) is 9.36 Å². The molecular weight excluding hydrogens is 232 g/mol. The molecule has 5 nitrogen and oxygen atoms in total. The van der Waals surface area contributed by atoms with Crippen LogP contribution in [0.25, 0.3) is 5.69 Å². The van der Waals surface area contributed by atoms with Gasteiger partial charge in [-0.1, -0.05) is 18.2 Å². The van der Waals surface area contributed by atoms with E-state index in [2.05, 4.69) is 4.98 Å². The third-order valence-corrected chi connectivity index (χ3v) is 3.12. The lowest BCUT2D eigenvalue weighted by atomic mass is 10.0. The Morgan fingerprint density at radius 3 is 2.83 bits per heavy atom. The number of hydrogen-bond donors (Lipinski definition) is 1. The first-order valence-electron chi connectivity index (χ1n) is 5.61. The van der Waals surface area contributed by atoms with Crippen LogP contribution in [0, 0.1) is 0 Å². The number of para-hydroxylation sites is 1. The van der Waals surface area contributed by atoms with E-state index in [0.29, 0.717) is 12.2 Å². The Hall–Kier alpha value is -2.43. The first-order valence-corrected chi connectivity index (χ1v) is 5.61. The monoisotopic (exact) mass is 242 g/mol. The van der Waals surface area contributed by atoms with Gasteiger partial charge in [-0.25, -0.2) is 9.78 Å². The van der Waals surface area contributed by atoms with E-state index in [4.69, 9.17) is 5.11 Å². The number of nitrogens with zero attached hydrogens (tertiary/aromatic N) is 2. The van der Waals surface area contributed by atoms with Crippen LogP contribution in [0.1, 0.15) is 21.7 Å². The third kappa shape index (κ3) is 1.44. The van der Waals surface area contributed by atoms with Crippen molar-refractivity contribution >= 4 is 5.97 Å². The molecule has 0 aliphatic carbocycles. The molecular formula is C13H10N2O3. The van der Waals surface area contributed by atoms with Crippen LogP contribution in [0.15, 0.2) is 35.3 Å². The summed E-state index contributed by atoms with van der Waals surface area (Å²) in [5, 5.41) is 8.96. The van der Waals surface area contributed by atoms with Gasteiger partial charge in [-0.05, 0) is 18.1 Å². The minimum Gasteiger partial charge on any atom is -0.477 e. The van der Waals surface area contributed by atoms with E-state index in [1.165, 1.54) is 4.57 Å². The molecule has 1 aromatic heterocycles. The van der Waals surface area contributed by atoms with Crippen LogP contribution in [-0.4, -0.2) is 20.6 Å². The molecule has 0 spiro atoms. The molecule has 0 unspecified atom stereocenters. The van der Waals surface area contributed by atoms with Crippen molar-refractivity contribution in [3.63, 3.8) is 0 Å². The molecule has 3 rings (SSSR count). The maximum absolute atomic E-state index is 12.2. The highest BCUT2D eigenvalue weighted by Crippen LogP contribution is 2.21. The number of benzene rings is 1. The third-order valence-electron chi connectivity index (χ3n) is 3.12. The number of aromatic carboxylic acids is 1. The van der Waals surface area contributed by atoms with Gasteiger partial charge < -0.3 is 5.11 Å². The molecule has 1 aliphatic heterocycles. The summed E-state index contributed by atoms with van der Waals surface area (Å²) in [6.07, 6.45) is 2.60. The summed E-state index contributed by atoms with van der Waals surface area (Å²) in [5.74, 6) is -0.630. The summed E-state index contributed by atoms with van der Waals surface area (Å²) >= 11 is 0. The number of carboxylic acid groups (broad SMARTS) is 1. The fraction of sp³-hybridized carbons (Fsp3) is 0.154. The lowest BCUT2D eigenvalue weighted by Gasteiger charge is -2.20. The smallest absolute Gasteiger partial charge is 0.342 e. The van der Waals surface area contributed by atoms with Crippen molar-refractivity contribution < 1.29 is 9.90 Å². The van der Waals surface area contributed by atoms with Crippen molar-refractivity contribution in [2.75, 3.05) is 0 Å². The fourth-order valence-corrected chi connectivity index (χ4v) is 2.25. The molecule has 0 radical (unpaired) electrons. The van der Waals surface area contributed by atoms with E-state index in [1.807, 2.05) is 24.3 Å². The lowest BCUT2D eigenvalue weighted by molar-refractivity contribution is 0.0694. The predicted molar refractivity (Wildman–Crippen MR) is 64.2 cm³/mol. The quantitative estimate of drug-likeness (QED) is 0.810. The summed E-state index contributed by atoms with van der Waals surface area (Å²) in [6.45, 7) is 0. The van der Waals surface area contributed by atoms with Gasteiger partial charge in [-0.2, -0.15) is 0 Å². The normalized spacial score (nSPS) is 12.7. The molecule has 2 aromatic rings. The molecule has 0 atom stereocenters. The van der Waals surface area contributed by atoms with Crippen molar-refractivity contribution in [3.8, 4) is 5.69 Å². The van der Waals surface area contributed by atoms with Gasteiger partial charge in [-0.15, -0.1) is 0 Å². The van der Waals surface area contributed by atoms with Crippen LogP contribution < -0.4 is 5.56 Å². The zero-order valence-corrected chi connectivity index (χ0v) is 9.46. The van der Waals surface area contributed by atoms with Gasteiger partial charge in [0.1, 0.15) is 11.4 Å². The fourth-order valence-electron chi connectivity index (χ4n) is 2.25. The van der Waals surface area contributed by atoms with E-state index in [9.17, 15) is 9.59 Å². The summed E-state index contributed by atoms with van der Waals surface area (Å²) < 4.78 is 1.41. The molecule has 0 fully saturated rings. The Morgan fingerprint density at radius 1 is 1.28 bits per heavy atom. The average molecular weight is 242 g/mol. The van der Waals surface area contributed by atoms with E-state index in [-0.39, 0.29) is 5.56 Å². The zero-order valence-electron chi connectivity index (χ0n) is 9.46. The Balaban J connectivity index is 2.35. The largest absolute Gasteiger partial charge is 0.477 e. The van der Waals surface area contributed by atoms with Crippen molar-refractivity contribution in [1.29, 1.82) is 0 Å². The number of carboxylic acids is 1. The standard InChI is InChI=1S/C13H10N2O3/c16-12-9(13(17)18)7-14-11-6-5-8-3-1-2-4-10(8)15(11)12/h1-4,7H,5-6H2,(H,17,18). The van der Waals surface area contributed by atoms with Crippen LogP contribution in [0.3, 0.4) is 0 Å². The van der Waals surface area contributed by atoms with Gasteiger partial charge in [0, 0.05) is 12.6 Å². The summed E-state index contributed by atoms with van der Waals surface area (Å²) in [4.78, 5) is 27.2. The molecule has 0 saturated carbocycles. The van der Waals surface area contributed by atoms with Gasteiger partial charge in [0.15, 0.2) is 0 Å². The Morgan fingerprint density at radius 2 is 2.06 bits per heavy atom. The highest BCUT2D eigenvalue weighted by Gasteiger charge is 2.21. The molecule has 1 aromatic carbocycles. The molecule has 0 saturated heterocycles. The second-order valence-electron chi connectivity index (χ2n) is 4.16. The van der Waals surface area contributed by atoms with Crippen LogP contribution in [-0.2, 0) is 12.8 Å². The Bertz CT molecular complexity index is 704. The average Bonchev–Trinajstić information content (AvgIpc) is 2.38. The molecule has 1 aliphatic rings. The van der Waals surface area contributed by atoms with E-state index < -0.39 is 11.5 Å². The van der Waals surface area contributed by atoms with Gasteiger partial charge >= 0.3 is 5.97 Å². The van der Waals surface area contributed by atoms with Crippen LogP contribution in [0.2, 0.25) is 0 Å². The second-order valence-corrected chi connectivity index (χ2v) is 4.16. The number of rotatable bonds is 1. The van der Waals surface area contributed by atoms with Crippen molar-refractivity contribution in [3.05, 3.63) is 57.8 Å². The molecule has 2 heterocycles. The highest BCUT2D eigenvalue weighted by molar-refractivity contribution is 5.86. The molecule has 0 bridgehead atoms. The van der Waals surface area contributed by atoms with Crippen LogP contribution in [0.4, 0.5) is 0 Å². The summed E-state index contributed by atoms with van der Waals surface area (Å²) in [5.41, 5.74) is 0.964. The number of fused-ring (bicyclic) bond motifs is 3. The number of aryl methyl sites for hydroxylation is 2. The maximum atomic E-state index is 12.2. The first kappa shape index (κ1) is 10.7. The topological polar surface area (TPSA) is 72.2 Å². The summed E-state index contributed by atoms with van der Waals surface area (Å²) in [6, 6.07) is 7.49. The van der Waals surface area contributed by atoms with Crippen LogP contribution >= 0.6 is 0 Å². The van der Waals surface area contributed by atoms with Gasteiger partial charge in [0.25, 0.3) is 5.56 Å².